The van der Waals surface area contributed by atoms with Crippen molar-refractivity contribution >= 4 is 23.5 Å². The molecular weight excluding hydrogens is 294 g/mol. The van der Waals surface area contributed by atoms with Crippen molar-refractivity contribution in [2.45, 2.75) is 32.7 Å². The number of amides is 1. The maximum absolute atomic E-state index is 12.0. The molecule has 0 aliphatic heterocycles. The molecule has 6 heteroatoms. The van der Waals surface area contributed by atoms with Gasteiger partial charge < -0.3 is 14.7 Å². The molecule has 1 amide bonds. The topological polar surface area (TPSA) is 66.8 Å². The van der Waals surface area contributed by atoms with E-state index in [1.807, 2.05) is 12.1 Å². The predicted molar refractivity (Wildman–Crippen MR) is 80.7 cm³/mol. The van der Waals surface area contributed by atoms with E-state index in [2.05, 4.69) is 0 Å². The van der Waals surface area contributed by atoms with Crippen LogP contribution in [0.4, 0.5) is 0 Å². The summed E-state index contributed by atoms with van der Waals surface area (Å²) in [6.45, 7) is 3.67. The molecule has 0 unspecified atom stereocenters. The number of carbonyl (C=O) groups excluding carboxylic acids is 1. The van der Waals surface area contributed by atoms with Crippen molar-refractivity contribution in [2.75, 3.05) is 13.2 Å². The van der Waals surface area contributed by atoms with Gasteiger partial charge in [-0.15, -0.1) is 0 Å². The summed E-state index contributed by atoms with van der Waals surface area (Å²) in [5, 5.41) is 9.33. The fraction of sp³-hybridized carbons (Fsp3) is 0.467. The molecule has 0 heterocycles. The van der Waals surface area contributed by atoms with Gasteiger partial charge in [0, 0.05) is 12.5 Å². The lowest BCUT2D eigenvalue weighted by atomic mass is 10.2. The third-order valence-electron chi connectivity index (χ3n) is 2.88. The lowest BCUT2D eigenvalue weighted by Gasteiger charge is -2.24. The number of benzene rings is 1. The molecule has 0 radical (unpaired) electrons. The van der Waals surface area contributed by atoms with Crippen LogP contribution in [0.5, 0.6) is 5.75 Å². The number of halogens is 1. The molecule has 0 bridgehead atoms. The van der Waals surface area contributed by atoms with E-state index < -0.39 is 5.97 Å². The summed E-state index contributed by atoms with van der Waals surface area (Å²) in [4.78, 5) is 24.1. The zero-order valence-electron chi connectivity index (χ0n) is 12.2. The molecule has 0 aromatic heterocycles. The van der Waals surface area contributed by atoms with E-state index in [-0.39, 0.29) is 24.9 Å². The number of nitrogens with zero attached hydrogens (tertiary/aromatic N) is 1. The summed E-state index contributed by atoms with van der Waals surface area (Å²) >= 11 is 5.95. The van der Waals surface area contributed by atoms with Crippen molar-refractivity contribution in [3.8, 4) is 5.75 Å². The molecule has 0 atom stereocenters. The fourth-order valence-corrected chi connectivity index (χ4v) is 2.01. The average molecular weight is 314 g/mol. The molecule has 5 nitrogen and oxygen atoms in total. The molecule has 116 valence electrons. The van der Waals surface area contributed by atoms with Gasteiger partial charge in [-0.05, 0) is 32.4 Å². The van der Waals surface area contributed by atoms with Crippen LogP contribution < -0.4 is 4.74 Å². The van der Waals surface area contributed by atoms with Crippen molar-refractivity contribution in [1.82, 2.24) is 4.90 Å². The van der Waals surface area contributed by atoms with E-state index in [1.54, 1.807) is 26.0 Å². The van der Waals surface area contributed by atoms with Gasteiger partial charge in [0.05, 0.1) is 11.6 Å². The van der Waals surface area contributed by atoms with Gasteiger partial charge in [0.2, 0.25) is 5.91 Å². The minimum atomic E-state index is -1.01. The standard InChI is InChI=1S/C15H20ClNO4/c1-11(2)17(10-15(19)20)14(18)8-5-9-21-13-7-4-3-6-12(13)16/h3-4,6-7,11H,5,8-10H2,1-2H3,(H,19,20). The van der Waals surface area contributed by atoms with E-state index >= 15 is 0 Å². The molecule has 0 aliphatic rings. The van der Waals surface area contributed by atoms with Crippen molar-refractivity contribution in [2.24, 2.45) is 0 Å². The number of carboxylic acids is 1. The first-order chi connectivity index (χ1) is 9.91. The molecule has 1 N–H and O–H groups in total. The summed E-state index contributed by atoms with van der Waals surface area (Å²) in [6.07, 6.45) is 0.753. The van der Waals surface area contributed by atoms with E-state index in [4.69, 9.17) is 21.4 Å². The molecule has 0 aliphatic carbocycles. The maximum Gasteiger partial charge on any atom is 0.323 e. The summed E-state index contributed by atoms with van der Waals surface area (Å²) in [5.41, 5.74) is 0. The molecule has 21 heavy (non-hydrogen) atoms. The fourth-order valence-electron chi connectivity index (χ4n) is 1.82. The number of ether oxygens (including phenoxy) is 1. The van der Waals surface area contributed by atoms with Crippen LogP contribution in [0.25, 0.3) is 0 Å². The number of aliphatic carboxylic acids is 1. The van der Waals surface area contributed by atoms with Gasteiger partial charge in [0.1, 0.15) is 12.3 Å². The Labute approximate surface area is 129 Å². The Morgan fingerprint density at radius 2 is 2.00 bits per heavy atom. The Bertz CT molecular complexity index is 490. The Balaban J connectivity index is 2.38. The molecule has 0 saturated carbocycles. The minimum Gasteiger partial charge on any atom is -0.492 e. The van der Waals surface area contributed by atoms with Crippen LogP contribution in [0.1, 0.15) is 26.7 Å². The van der Waals surface area contributed by atoms with Crippen LogP contribution in [0, 0.1) is 0 Å². The van der Waals surface area contributed by atoms with Crippen molar-refractivity contribution in [3.05, 3.63) is 29.3 Å². The third-order valence-corrected chi connectivity index (χ3v) is 3.19. The highest BCUT2D eigenvalue weighted by Gasteiger charge is 2.19. The summed E-state index contributed by atoms with van der Waals surface area (Å²) < 4.78 is 5.49. The van der Waals surface area contributed by atoms with E-state index in [0.717, 1.165) is 0 Å². The second-order valence-electron chi connectivity index (χ2n) is 4.89. The highest BCUT2D eigenvalue weighted by molar-refractivity contribution is 6.32. The smallest absolute Gasteiger partial charge is 0.323 e. The second kappa shape index (κ2) is 8.52. The first-order valence-corrected chi connectivity index (χ1v) is 7.18. The van der Waals surface area contributed by atoms with Crippen LogP contribution in [-0.2, 0) is 9.59 Å². The zero-order chi connectivity index (χ0) is 15.8. The Hall–Kier alpha value is -1.75. The maximum atomic E-state index is 12.0. The normalized spacial score (nSPS) is 10.5. The molecule has 1 aromatic rings. The average Bonchev–Trinajstić information content (AvgIpc) is 2.42. The first-order valence-electron chi connectivity index (χ1n) is 6.80. The molecule has 0 spiro atoms. The summed E-state index contributed by atoms with van der Waals surface area (Å²) in [5.74, 6) is -0.614. The SMILES string of the molecule is CC(C)N(CC(=O)O)C(=O)CCCOc1ccccc1Cl. The number of carbonyl (C=O) groups is 2. The van der Waals surface area contributed by atoms with Crippen molar-refractivity contribution in [1.29, 1.82) is 0 Å². The van der Waals surface area contributed by atoms with Gasteiger partial charge in [-0.2, -0.15) is 0 Å². The number of para-hydroxylation sites is 1. The van der Waals surface area contributed by atoms with Crippen molar-refractivity contribution < 1.29 is 19.4 Å². The number of carboxylic acid groups (broad SMARTS) is 1. The summed E-state index contributed by atoms with van der Waals surface area (Å²) in [6, 6.07) is 6.98. The number of hydrogen-bond donors (Lipinski definition) is 1. The van der Waals surface area contributed by atoms with E-state index in [1.165, 1.54) is 4.90 Å². The van der Waals surface area contributed by atoms with Crippen LogP contribution in [0.2, 0.25) is 5.02 Å². The zero-order valence-corrected chi connectivity index (χ0v) is 13.0. The van der Waals surface area contributed by atoms with Gasteiger partial charge in [-0.1, -0.05) is 23.7 Å². The largest absolute Gasteiger partial charge is 0.492 e. The molecule has 0 fully saturated rings. The quantitative estimate of drug-likeness (QED) is 0.749. The van der Waals surface area contributed by atoms with Crippen LogP contribution in [0.3, 0.4) is 0 Å². The lowest BCUT2D eigenvalue weighted by Crippen LogP contribution is -2.40. The molecule has 0 saturated heterocycles. The molecular formula is C15H20ClNO4. The Morgan fingerprint density at radius 1 is 1.33 bits per heavy atom. The highest BCUT2D eigenvalue weighted by atomic mass is 35.5. The highest BCUT2D eigenvalue weighted by Crippen LogP contribution is 2.23. The van der Waals surface area contributed by atoms with E-state index in [0.29, 0.717) is 23.8 Å². The molecule has 1 rings (SSSR count). The first kappa shape index (κ1) is 17.3. The second-order valence-corrected chi connectivity index (χ2v) is 5.30. The van der Waals surface area contributed by atoms with Crippen LogP contribution in [0.15, 0.2) is 24.3 Å². The minimum absolute atomic E-state index is 0.141. The van der Waals surface area contributed by atoms with Crippen molar-refractivity contribution in [3.63, 3.8) is 0 Å². The Kier molecular flexibility index (Phi) is 7.02. The third kappa shape index (κ3) is 6.04. The lowest BCUT2D eigenvalue weighted by molar-refractivity contribution is -0.145. The van der Waals surface area contributed by atoms with Gasteiger partial charge in [-0.3, -0.25) is 9.59 Å². The Morgan fingerprint density at radius 3 is 2.57 bits per heavy atom. The summed E-state index contributed by atoms with van der Waals surface area (Å²) in [7, 11) is 0. The van der Waals surface area contributed by atoms with Gasteiger partial charge in [0.15, 0.2) is 0 Å². The van der Waals surface area contributed by atoms with E-state index in [9.17, 15) is 9.59 Å². The number of rotatable bonds is 8. The van der Waals surface area contributed by atoms with Crippen LogP contribution >= 0.6 is 11.6 Å². The monoisotopic (exact) mass is 313 g/mol. The molecule has 1 aromatic carbocycles. The van der Waals surface area contributed by atoms with Gasteiger partial charge >= 0.3 is 5.97 Å². The predicted octanol–water partition coefficient (Wildman–Crippen LogP) is 2.82. The van der Waals surface area contributed by atoms with Crippen LogP contribution in [-0.4, -0.2) is 41.1 Å². The van der Waals surface area contributed by atoms with Gasteiger partial charge in [0.25, 0.3) is 0 Å². The van der Waals surface area contributed by atoms with Gasteiger partial charge in [-0.25, -0.2) is 0 Å². The number of hydrogen-bond acceptors (Lipinski definition) is 3.